The minimum atomic E-state index is -0.877. The van der Waals surface area contributed by atoms with E-state index in [1.54, 1.807) is 19.1 Å². The van der Waals surface area contributed by atoms with E-state index < -0.39 is 30.6 Å². The molecule has 0 saturated carbocycles. The van der Waals surface area contributed by atoms with Gasteiger partial charge in [0.25, 0.3) is 5.91 Å². The highest BCUT2D eigenvalue weighted by atomic mass is 16.6. The Hall–Kier alpha value is -2.57. The molecule has 1 rings (SSSR count). The molecule has 1 aromatic rings. The van der Waals surface area contributed by atoms with Crippen LogP contribution in [0.2, 0.25) is 0 Å². The molecule has 1 atom stereocenters. The number of rotatable bonds is 6. The van der Waals surface area contributed by atoms with Crippen LogP contribution in [0.3, 0.4) is 0 Å². The number of esters is 1. The molecule has 7 heteroatoms. The summed E-state index contributed by atoms with van der Waals surface area (Å²) in [7, 11) is 0. The van der Waals surface area contributed by atoms with E-state index in [2.05, 4.69) is 26.1 Å². The number of nitrogens with one attached hydrogen (secondary N) is 2. The number of amides is 3. The molecule has 25 heavy (non-hydrogen) atoms. The molecule has 0 aliphatic heterocycles. The molecule has 0 bridgehead atoms. The number of carbonyl (C=O) groups excluding carboxylic acids is 3. The lowest BCUT2D eigenvalue weighted by Crippen LogP contribution is -2.41. The van der Waals surface area contributed by atoms with Gasteiger partial charge in [0.1, 0.15) is 5.75 Å². The van der Waals surface area contributed by atoms with Crippen LogP contribution in [-0.4, -0.2) is 37.2 Å². The second-order valence-electron chi connectivity index (χ2n) is 6.55. The van der Waals surface area contributed by atoms with E-state index in [1.165, 1.54) is 6.92 Å². The molecule has 0 heterocycles. The monoisotopic (exact) mass is 350 g/mol. The molecule has 0 saturated heterocycles. The third-order valence-corrected chi connectivity index (χ3v) is 3.30. The Bertz CT molecular complexity index is 605. The van der Waals surface area contributed by atoms with E-state index in [-0.39, 0.29) is 5.41 Å². The Morgan fingerprint density at radius 2 is 1.72 bits per heavy atom. The second kappa shape index (κ2) is 9.05. The van der Waals surface area contributed by atoms with Crippen LogP contribution in [0.5, 0.6) is 5.75 Å². The third-order valence-electron chi connectivity index (χ3n) is 3.30. The Morgan fingerprint density at radius 1 is 1.12 bits per heavy atom. The van der Waals surface area contributed by atoms with Crippen LogP contribution in [0.25, 0.3) is 0 Å². The topological polar surface area (TPSA) is 93.7 Å². The molecule has 2 N–H and O–H groups in total. The summed E-state index contributed by atoms with van der Waals surface area (Å²) in [5.41, 5.74) is 1.18. The number of benzene rings is 1. The molecule has 7 nitrogen and oxygen atoms in total. The molecule has 0 radical (unpaired) electrons. The fourth-order valence-electron chi connectivity index (χ4n) is 1.91. The van der Waals surface area contributed by atoms with Gasteiger partial charge in [0, 0.05) is 6.54 Å². The van der Waals surface area contributed by atoms with Gasteiger partial charge in [0.2, 0.25) is 0 Å². The standard InChI is InChI=1S/C18H26N2O5/c1-6-19-17(23)20-15(21)11-24-16(22)12(2)25-14-9-7-13(8-10-14)18(3,4)5/h7-10,12H,6,11H2,1-5H3,(H2,19,20,21,23)/t12-/m0/s1. The predicted molar refractivity (Wildman–Crippen MR) is 93.4 cm³/mol. The van der Waals surface area contributed by atoms with E-state index in [0.717, 1.165) is 5.56 Å². The second-order valence-corrected chi connectivity index (χ2v) is 6.55. The van der Waals surface area contributed by atoms with Crippen molar-refractivity contribution in [3.05, 3.63) is 29.8 Å². The van der Waals surface area contributed by atoms with E-state index in [9.17, 15) is 14.4 Å². The number of ether oxygens (including phenoxy) is 2. The molecule has 0 unspecified atom stereocenters. The molecule has 0 spiro atoms. The van der Waals surface area contributed by atoms with Crippen molar-refractivity contribution in [2.24, 2.45) is 0 Å². The lowest BCUT2D eigenvalue weighted by Gasteiger charge is -2.20. The predicted octanol–water partition coefficient (Wildman–Crippen LogP) is 2.14. The summed E-state index contributed by atoms with van der Waals surface area (Å²) in [5.74, 6) is -0.865. The first-order chi connectivity index (χ1) is 11.6. The maximum absolute atomic E-state index is 11.9. The Labute approximate surface area is 148 Å². The third kappa shape index (κ3) is 7.24. The van der Waals surface area contributed by atoms with Crippen molar-refractivity contribution >= 4 is 17.9 Å². The number of hydrogen-bond acceptors (Lipinski definition) is 5. The van der Waals surface area contributed by atoms with Crippen molar-refractivity contribution in [2.75, 3.05) is 13.2 Å². The smallest absolute Gasteiger partial charge is 0.347 e. The van der Waals surface area contributed by atoms with Gasteiger partial charge < -0.3 is 14.8 Å². The van der Waals surface area contributed by atoms with Gasteiger partial charge in [-0.1, -0.05) is 32.9 Å². The van der Waals surface area contributed by atoms with Crippen LogP contribution in [-0.2, 0) is 19.7 Å². The normalized spacial score (nSPS) is 12.0. The van der Waals surface area contributed by atoms with Crippen molar-refractivity contribution < 1.29 is 23.9 Å². The lowest BCUT2D eigenvalue weighted by molar-refractivity contribution is -0.154. The average molecular weight is 350 g/mol. The van der Waals surface area contributed by atoms with Crippen molar-refractivity contribution in [1.82, 2.24) is 10.6 Å². The van der Waals surface area contributed by atoms with Crippen molar-refractivity contribution in [3.8, 4) is 5.75 Å². The highest BCUT2D eigenvalue weighted by molar-refractivity contribution is 5.95. The van der Waals surface area contributed by atoms with Crippen LogP contribution >= 0.6 is 0 Å². The van der Waals surface area contributed by atoms with E-state index in [1.807, 2.05) is 17.4 Å². The summed E-state index contributed by atoms with van der Waals surface area (Å²) in [6, 6.07) is 6.81. The lowest BCUT2D eigenvalue weighted by atomic mass is 9.87. The molecule has 138 valence electrons. The molecule has 0 aromatic heterocycles. The number of carbonyl (C=O) groups is 3. The van der Waals surface area contributed by atoms with Crippen molar-refractivity contribution in [2.45, 2.75) is 46.1 Å². The summed E-state index contributed by atoms with van der Waals surface area (Å²) in [5, 5.41) is 4.44. The largest absolute Gasteiger partial charge is 0.479 e. The summed E-state index contributed by atoms with van der Waals surface area (Å²) < 4.78 is 10.3. The quantitative estimate of drug-likeness (QED) is 0.767. The maximum atomic E-state index is 11.9. The molecule has 0 aliphatic carbocycles. The molecule has 1 aromatic carbocycles. The van der Waals surface area contributed by atoms with Gasteiger partial charge in [-0.3, -0.25) is 10.1 Å². The van der Waals surface area contributed by atoms with Crippen LogP contribution in [0.15, 0.2) is 24.3 Å². The zero-order valence-electron chi connectivity index (χ0n) is 15.3. The first kappa shape index (κ1) is 20.5. The Morgan fingerprint density at radius 3 is 2.24 bits per heavy atom. The Kier molecular flexibility index (Phi) is 7.42. The number of imide groups is 1. The zero-order valence-corrected chi connectivity index (χ0v) is 15.3. The first-order valence-electron chi connectivity index (χ1n) is 8.15. The molecule has 3 amide bonds. The fourth-order valence-corrected chi connectivity index (χ4v) is 1.91. The molecule has 0 fully saturated rings. The first-order valence-corrected chi connectivity index (χ1v) is 8.15. The van der Waals surface area contributed by atoms with Gasteiger partial charge in [-0.25, -0.2) is 9.59 Å². The summed E-state index contributed by atoms with van der Waals surface area (Å²) in [6.45, 7) is 9.40. The summed E-state index contributed by atoms with van der Waals surface area (Å²) in [6.07, 6.45) is -0.877. The fraction of sp³-hybridized carbons (Fsp3) is 0.500. The van der Waals surface area contributed by atoms with Crippen LogP contribution < -0.4 is 15.4 Å². The van der Waals surface area contributed by atoms with Crippen LogP contribution in [0.4, 0.5) is 4.79 Å². The van der Waals surface area contributed by atoms with Crippen LogP contribution in [0, 0.1) is 0 Å². The van der Waals surface area contributed by atoms with E-state index >= 15 is 0 Å². The van der Waals surface area contributed by atoms with Gasteiger partial charge in [-0.2, -0.15) is 0 Å². The number of urea groups is 1. The zero-order chi connectivity index (χ0) is 19.0. The van der Waals surface area contributed by atoms with Gasteiger partial charge >= 0.3 is 12.0 Å². The maximum Gasteiger partial charge on any atom is 0.347 e. The van der Waals surface area contributed by atoms with Crippen LogP contribution in [0.1, 0.15) is 40.2 Å². The highest BCUT2D eigenvalue weighted by Crippen LogP contribution is 2.24. The molecular weight excluding hydrogens is 324 g/mol. The van der Waals surface area contributed by atoms with Gasteiger partial charge in [-0.15, -0.1) is 0 Å². The van der Waals surface area contributed by atoms with E-state index in [0.29, 0.717) is 12.3 Å². The molecular formula is C18H26N2O5. The molecule has 0 aliphatic rings. The average Bonchev–Trinajstić information content (AvgIpc) is 2.52. The van der Waals surface area contributed by atoms with Gasteiger partial charge in [-0.05, 0) is 37.0 Å². The summed E-state index contributed by atoms with van der Waals surface area (Å²) >= 11 is 0. The van der Waals surface area contributed by atoms with Gasteiger partial charge in [0.05, 0.1) is 0 Å². The number of hydrogen-bond donors (Lipinski definition) is 2. The van der Waals surface area contributed by atoms with Crippen molar-refractivity contribution in [3.63, 3.8) is 0 Å². The van der Waals surface area contributed by atoms with E-state index in [4.69, 9.17) is 9.47 Å². The minimum Gasteiger partial charge on any atom is -0.479 e. The van der Waals surface area contributed by atoms with Crippen molar-refractivity contribution in [1.29, 1.82) is 0 Å². The van der Waals surface area contributed by atoms with Gasteiger partial charge in [0.15, 0.2) is 12.7 Å². The Balaban J connectivity index is 2.46. The highest BCUT2D eigenvalue weighted by Gasteiger charge is 2.19. The minimum absolute atomic E-state index is 0.0283. The summed E-state index contributed by atoms with van der Waals surface area (Å²) in [4.78, 5) is 34.5. The SMILES string of the molecule is CCNC(=O)NC(=O)COC(=O)[C@H](C)Oc1ccc(C(C)(C)C)cc1.